The number of carbonyl (C=O) groups excluding carboxylic acids is 1. The van der Waals surface area contributed by atoms with Crippen LogP contribution in [0.2, 0.25) is 0 Å². The van der Waals surface area contributed by atoms with Crippen LogP contribution in [0, 0.1) is 10.7 Å². The minimum absolute atomic E-state index is 0. The van der Waals surface area contributed by atoms with Crippen LogP contribution in [0.1, 0.15) is 10.4 Å². The van der Waals surface area contributed by atoms with Crippen LogP contribution in [0.3, 0.4) is 0 Å². The third kappa shape index (κ3) is 4.91. The fraction of sp³-hybridized carbons (Fsp3) is 0.222. The smallest absolute Gasteiger partial charge is 0.871 e. The van der Waals surface area contributed by atoms with E-state index in [1.54, 1.807) is 6.07 Å². The first-order valence-electron chi connectivity index (χ1n) is 4.22. The Balaban J connectivity index is 0.00000256. The summed E-state index contributed by atoms with van der Waals surface area (Å²) in [7, 11) is 0. The molecule has 2 N–H and O–H groups in total. The molecule has 0 fully saturated rings. The van der Waals surface area contributed by atoms with Gasteiger partial charge in [0.25, 0.3) is 5.91 Å². The molecule has 8 heteroatoms. The molecule has 1 aromatic rings. The maximum absolute atomic E-state index is 11.7. The molecule has 17 heavy (non-hydrogen) atoms. The Hall–Kier alpha value is 1.64. The number of aliphatic hydroxyl groups is 1. The molecule has 0 saturated carbocycles. The summed E-state index contributed by atoms with van der Waals surface area (Å²) in [6.07, 6.45) is 0. The van der Waals surface area contributed by atoms with Gasteiger partial charge in [0.1, 0.15) is 0 Å². The Morgan fingerprint density at radius 1 is 1.35 bits per heavy atom. The Kier molecular flexibility index (Phi) is 9.58. The quantitative estimate of drug-likeness (QED) is 0.331. The van der Waals surface area contributed by atoms with E-state index in [2.05, 4.69) is 5.32 Å². The second-order valence-corrected chi connectivity index (χ2v) is 6.24. The molecular formula is C9H7I3NNaO3. The van der Waals surface area contributed by atoms with Crippen LogP contribution in [0.15, 0.2) is 6.07 Å². The van der Waals surface area contributed by atoms with Gasteiger partial charge in [-0.25, -0.2) is 0 Å². The van der Waals surface area contributed by atoms with Crippen molar-refractivity contribution in [1.82, 2.24) is 5.32 Å². The Labute approximate surface area is 162 Å². The van der Waals surface area contributed by atoms with Crippen molar-refractivity contribution in [2.75, 3.05) is 13.2 Å². The molecule has 0 atom stereocenters. The van der Waals surface area contributed by atoms with Gasteiger partial charge in [-0.3, -0.25) is 4.79 Å². The summed E-state index contributed by atoms with van der Waals surface area (Å²) in [4.78, 5) is 11.7. The molecule has 0 heterocycles. The minimum Gasteiger partial charge on any atom is -0.871 e. The number of hydrogen-bond acceptors (Lipinski definition) is 3. The van der Waals surface area contributed by atoms with Crippen LogP contribution in [0.5, 0.6) is 5.75 Å². The third-order valence-electron chi connectivity index (χ3n) is 1.75. The maximum Gasteiger partial charge on any atom is 1.00 e. The van der Waals surface area contributed by atoms with Crippen LogP contribution in [0.4, 0.5) is 0 Å². The van der Waals surface area contributed by atoms with Gasteiger partial charge in [0.15, 0.2) is 0 Å². The zero-order chi connectivity index (χ0) is 12.3. The summed E-state index contributed by atoms with van der Waals surface area (Å²) >= 11 is 5.85. The van der Waals surface area contributed by atoms with Crippen molar-refractivity contribution in [3.8, 4) is 5.75 Å². The number of benzene rings is 1. The topological polar surface area (TPSA) is 72.4 Å². The maximum atomic E-state index is 11.7. The van der Waals surface area contributed by atoms with E-state index in [4.69, 9.17) is 5.11 Å². The number of amides is 1. The summed E-state index contributed by atoms with van der Waals surface area (Å²) in [5, 5.41) is 22.8. The Bertz CT molecular complexity index is 428. The van der Waals surface area contributed by atoms with E-state index in [-0.39, 0.29) is 54.4 Å². The molecule has 88 valence electrons. The van der Waals surface area contributed by atoms with Gasteiger partial charge in [-0.05, 0) is 73.8 Å². The molecule has 0 aromatic heterocycles. The molecule has 0 bridgehead atoms. The first-order chi connectivity index (χ1) is 7.49. The molecule has 0 aliphatic rings. The van der Waals surface area contributed by atoms with Crippen molar-refractivity contribution in [2.24, 2.45) is 0 Å². The first kappa shape index (κ1) is 18.6. The molecule has 1 rings (SSSR count). The zero-order valence-electron chi connectivity index (χ0n) is 8.89. The van der Waals surface area contributed by atoms with Crippen molar-refractivity contribution in [1.29, 1.82) is 0 Å². The average molecular weight is 581 g/mol. The van der Waals surface area contributed by atoms with Gasteiger partial charge < -0.3 is 15.5 Å². The van der Waals surface area contributed by atoms with E-state index < -0.39 is 0 Å². The van der Waals surface area contributed by atoms with Crippen molar-refractivity contribution >= 4 is 73.7 Å². The number of nitrogens with one attached hydrogen (secondary N) is 1. The molecule has 0 aliphatic carbocycles. The number of aliphatic hydroxyl groups excluding tert-OH is 1. The molecule has 4 nitrogen and oxygen atoms in total. The minimum atomic E-state index is -0.323. The fourth-order valence-electron chi connectivity index (χ4n) is 1.04. The molecule has 1 amide bonds. The Morgan fingerprint density at radius 2 is 1.94 bits per heavy atom. The standard InChI is InChI=1S/C9H8I3NO3.Na/c10-4-3-5(11)8(15)7(12)6(4)9(16)13-1-2-14;/h3,14-15H,1-2H2,(H,13,16);/q;+1/p-1. The monoisotopic (exact) mass is 581 g/mol. The Morgan fingerprint density at radius 3 is 2.47 bits per heavy atom. The van der Waals surface area contributed by atoms with E-state index in [1.807, 2.05) is 67.8 Å². The second-order valence-electron chi connectivity index (χ2n) is 2.84. The van der Waals surface area contributed by atoms with E-state index in [1.165, 1.54) is 0 Å². The van der Waals surface area contributed by atoms with Crippen LogP contribution < -0.4 is 40.0 Å². The van der Waals surface area contributed by atoms with Crippen molar-refractivity contribution < 1.29 is 44.6 Å². The van der Waals surface area contributed by atoms with E-state index in [0.29, 0.717) is 12.7 Å². The van der Waals surface area contributed by atoms with Crippen LogP contribution in [0.25, 0.3) is 0 Å². The molecule has 0 aliphatic heterocycles. The molecule has 1 aromatic carbocycles. The van der Waals surface area contributed by atoms with Crippen LogP contribution in [-0.2, 0) is 0 Å². The van der Waals surface area contributed by atoms with Gasteiger partial charge >= 0.3 is 29.6 Å². The number of carbonyl (C=O) groups is 1. The SMILES string of the molecule is O=C(NCCO)c1c(I)cc(I)c([O-])c1I.[Na+]. The number of hydrogen-bond donors (Lipinski definition) is 2. The summed E-state index contributed by atoms with van der Waals surface area (Å²) in [5.41, 5.74) is 0.389. The summed E-state index contributed by atoms with van der Waals surface area (Å²) < 4.78 is 1.76. The summed E-state index contributed by atoms with van der Waals surface area (Å²) in [5.74, 6) is -0.452. The molecule has 0 spiro atoms. The number of rotatable bonds is 3. The third-order valence-corrected chi connectivity index (χ3v) is 4.43. The van der Waals surface area contributed by atoms with Gasteiger partial charge in [-0.2, -0.15) is 0 Å². The molecule has 0 saturated heterocycles. The van der Waals surface area contributed by atoms with Crippen LogP contribution >= 0.6 is 67.8 Å². The number of halogens is 3. The summed E-state index contributed by atoms with van der Waals surface area (Å²) in [6, 6.07) is 1.68. The van der Waals surface area contributed by atoms with Crippen molar-refractivity contribution in [3.63, 3.8) is 0 Å². The largest absolute Gasteiger partial charge is 1.00 e. The van der Waals surface area contributed by atoms with Gasteiger partial charge in [0, 0.05) is 17.3 Å². The average Bonchev–Trinajstić information content (AvgIpc) is 2.23. The summed E-state index contributed by atoms with van der Waals surface area (Å²) in [6.45, 7) is 0.0681. The van der Waals surface area contributed by atoms with Crippen molar-refractivity contribution in [2.45, 2.75) is 0 Å². The first-order valence-corrected chi connectivity index (χ1v) is 7.46. The fourth-order valence-corrected chi connectivity index (χ4v) is 4.90. The zero-order valence-corrected chi connectivity index (χ0v) is 17.4. The van der Waals surface area contributed by atoms with Gasteiger partial charge in [-0.1, -0.05) is 5.75 Å². The van der Waals surface area contributed by atoms with Crippen molar-refractivity contribution in [3.05, 3.63) is 22.3 Å². The van der Waals surface area contributed by atoms with Gasteiger partial charge in [0.05, 0.1) is 12.2 Å². The molecular weight excluding hydrogens is 574 g/mol. The van der Waals surface area contributed by atoms with E-state index in [0.717, 1.165) is 3.57 Å². The predicted octanol–water partition coefficient (Wildman–Crippen LogP) is -1.70. The van der Waals surface area contributed by atoms with Crippen LogP contribution in [-0.4, -0.2) is 24.2 Å². The normalized spacial score (nSPS) is 9.65. The van der Waals surface area contributed by atoms with E-state index >= 15 is 0 Å². The predicted molar refractivity (Wildman–Crippen MR) is 83.5 cm³/mol. The van der Waals surface area contributed by atoms with E-state index in [9.17, 15) is 9.90 Å². The molecule has 0 unspecified atom stereocenters. The molecule has 0 radical (unpaired) electrons. The van der Waals surface area contributed by atoms with Gasteiger partial charge in [0.2, 0.25) is 0 Å². The van der Waals surface area contributed by atoms with Gasteiger partial charge in [-0.15, -0.1) is 0 Å². The second kappa shape index (κ2) is 8.74.